The van der Waals surface area contributed by atoms with Gasteiger partial charge in [0.15, 0.2) is 0 Å². The molecule has 0 saturated heterocycles. The van der Waals surface area contributed by atoms with E-state index in [1.165, 1.54) is 0 Å². The van der Waals surface area contributed by atoms with E-state index in [2.05, 4.69) is 53.3 Å². The van der Waals surface area contributed by atoms with Crippen molar-refractivity contribution in [1.29, 1.82) is 0 Å². The summed E-state index contributed by atoms with van der Waals surface area (Å²) in [7, 11) is 0. The van der Waals surface area contributed by atoms with E-state index in [9.17, 15) is 0 Å². The molecule has 118 valence electrons. The molecule has 0 aliphatic carbocycles. The van der Waals surface area contributed by atoms with Gasteiger partial charge in [-0.2, -0.15) is 0 Å². The summed E-state index contributed by atoms with van der Waals surface area (Å²) in [6, 6.07) is 14.0. The van der Waals surface area contributed by atoms with Gasteiger partial charge in [0.25, 0.3) is 0 Å². The predicted octanol–water partition coefficient (Wildman–Crippen LogP) is 4.39. The number of hydrogen-bond acceptors (Lipinski definition) is 4. The van der Waals surface area contributed by atoms with Gasteiger partial charge in [0, 0.05) is 16.9 Å². The zero-order chi connectivity index (χ0) is 16.4. The first-order valence-corrected chi connectivity index (χ1v) is 8.32. The molecule has 4 rings (SSSR count). The Morgan fingerprint density at radius 2 is 1.88 bits per heavy atom. The maximum absolute atomic E-state index is 4.44. The molecule has 24 heavy (non-hydrogen) atoms. The van der Waals surface area contributed by atoms with Gasteiger partial charge >= 0.3 is 0 Å². The first kappa shape index (κ1) is 14.8. The number of nitrogens with zero attached hydrogens (tertiary/aromatic N) is 3. The van der Waals surface area contributed by atoms with Crippen LogP contribution in [0.2, 0.25) is 0 Å². The van der Waals surface area contributed by atoms with Crippen molar-refractivity contribution in [2.45, 2.75) is 6.54 Å². The lowest BCUT2D eigenvalue weighted by atomic mass is 10.2. The van der Waals surface area contributed by atoms with Crippen LogP contribution in [0, 0.1) is 0 Å². The monoisotopic (exact) mass is 379 g/mol. The molecule has 5 nitrogen and oxygen atoms in total. The molecule has 1 aromatic carbocycles. The highest BCUT2D eigenvalue weighted by Crippen LogP contribution is 2.22. The van der Waals surface area contributed by atoms with Crippen molar-refractivity contribution >= 4 is 32.7 Å². The summed E-state index contributed by atoms with van der Waals surface area (Å²) in [5.41, 5.74) is 4.76. The lowest BCUT2D eigenvalue weighted by Gasteiger charge is -2.07. The fraction of sp³-hybridized carbons (Fsp3) is 0.0556. The topological polar surface area (TPSA) is 66.5 Å². The minimum Gasteiger partial charge on any atom is -0.376 e. The van der Waals surface area contributed by atoms with Crippen molar-refractivity contribution in [2.75, 3.05) is 5.32 Å². The zero-order valence-corrected chi connectivity index (χ0v) is 14.3. The Morgan fingerprint density at radius 1 is 1.00 bits per heavy atom. The lowest BCUT2D eigenvalue weighted by molar-refractivity contribution is 1.00. The van der Waals surface area contributed by atoms with E-state index >= 15 is 0 Å². The van der Waals surface area contributed by atoms with Crippen LogP contribution >= 0.6 is 15.9 Å². The average Bonchev–Trinajstić information content (AvgIpc) is 3.09. The van der Waals surface area contributed by atoms with Crippen molar-refractivity contribution in [3.63, 3.8) is 0 Å². The molecule has 3 heterocycles. The van der Waals surface area contributed by atoms with E-state index in [4.69, 9.17) is 0 Å². The Labute approximate surface area is 147 Å². The Morgan fingerprint density at radius 3 is 2.75 bits per heavy atom. The standard InChI is InChI=1S/C18H14BrN5/c19-13-8-15-18(23-9-13)14(6-7-20-15)21-11-17-22-10-16(24-17)12-4-2-1-3-5-12/h1-10H,11H2,(H,20,21)(H,22,24). The summed E-state index contributed by atoms with van der Waals surface area (Å²) in [6.45, 7) is 0.587. The highest BCUT2D eigenvalue weighted by molar-refractivity contribution is 9.10. The number of anilines is 1. The summed E-state index contributed by atoms with van der Waals surface area (Å²) in [5, 5.41) is 3.38. The molecular weight excluding hydrogens is 366 g/mol. The third-order valence-corrected chi connectivity index (χ3v) is 4.14. The number of H-pyrrole nitrogens is 1. The molecule has 0 unspecified atom stereocenters. The van der Waals surface area contributed by atoms with E-state index in [-0.39, 0.29) is 0 Å². The summed E-state index contributed by atoms with van der Waals surface area (Å²) in [4.78, 5) is 16.6. The summed E-state index contributed by atoms with van der Waals surface area (Å²) in [5.74, 6) is 0.871. The van der Waals surface area contributed by atoms with Crippen LogP contribution in [0.5, 0.6) is 0 Å². The second-order valence-electron chi connectivity index (χ2n) is 5.34. The highest BCUT2D eigenvalue weighted by Gasteiger charge is 2.06. The molecule has 4 aromatic rings. The van der Waals surface area contributed by atoms with Crippen molar-refractivity contribution in [1.82, 2.24) is 19.9 Å². The molecular formula is C18H14BrN5. The number of halogens is 1. The van der Waals surface area contributed by atoms with Crippen molar-refractivity contribution in [2.24, 2.45) is 0 Å². The van der Waals surface area contributed by atoms with Gasteiger partial charge in [-0.3, -0.25) is 9.97 Å². The first-order chi connectivity index (χ1) is 11.8. The lowest BCUT2D eigenvalue weighted by Crippen LogP contribution is -2.02. The van der Waals surface area contributed by atoms with Crippen LogP contribution in [-0.2, 0) is 6.54 Å². The quantitative estimate of drug-likeness (QED) is 0.551. The molecule has 0 aliphatic rings. The van der Waals surface area contributed by atoms with Crippen LogP contribution in [0.3, 0.4) is 0 Å². The number of pyridine rings is 2. The summed E-state index contributed by atoms with van der Waals surface area (Å²) in [6.07, 6.45) is 5.40. The molecule has 0 bridgehead atoms. The van der Waals surface area contributed by atoms with Crippen molar-refractivity contribution < 1.29 is 0 Å². The molecule has 6 heteroatoms. The zero-order valence-electron chi connectivity index (χ0n) is 12.7. The average molecular weight is 380 g/mol. The fourth-order valence-electron chi connectivity index (χ4n) is 2.54. The van der Waals surface area contributed by atoms with Gasteiger partial charge < -0.3 is 10.3 Å². The number of nitrogens with one attached hydrogen (secondary N) is 2. The molecule has 0 aliphatic heterocycles. The number of hydrogen-bond donors (Lipinski definition) is 2. The summed E-state index contributed by atoms with van der Waals surface area (Å²) < 4.78 is 0.915. The largest absolute Gasteiger partial charge is 0.376 e. The molecule has 0 saturated carbocycles. The van der Waals surface area contributed by atoms with Gasteiger partial charge in [0.1, 0.15) is 11.3 Å². The molecule has 3 aromatic heterocycles. The highest BCUT2D eigenvalue weighted by atomic mass is 79.9. The SMILES string of the molecule is Brc1cnc2c(NCc3ncc(-c4ccccc4)[nH]3)ccnc2c1. The second kappa shape index (κ2) is 6.41. The van der Waals surface area contributed by atoms with E-state index in [1.54, 1.807) is 12.4 Å². The van der Waals surface area contributed by atoms with Crippen LogP contribution in [-0.4, -0.2) is 19.9 Å². The van der Waals surface area contributed by atoms with Gasteiger partial charge in [0.2, 0.25) is 0 Å². The van der Waals surface area contributed by atoms with E-state index in [0.29, 0.717) is 6.54 Å². The molecule has 0 amide bonds. The van der Waals surface area contributed by atoms with Gasteiger partial charge in [-0.25, -0.2) is 4.98 Å². The third kappa shape index (κ3) is 3.00. The van der Waals surface area contributed by atoms with Crippen molar-refractivity contribution in [3.8, 4) is 11.3 Å². The number of aromatic amines is 1. The maximum atomic E-state index is 4.44. The normalized spacial score (nSPS) is 10.9. The predicted molar refractivity (Wildman–Crippen MR) is 98.6 cm³/mol. The third-order valence-electron chi connectivity index (χ3n) is 3.70. The molecule has 0 fully saturated rings. The first-order valence-electron chi connectivity index (χ1n) is 7.53. The summed E-state index contributed by atoms with van der Waals surface area (Å²) >= 11 is 3.42. The number of imidazole rings is 1. The van der Waals surface area contributed by atoms with Crippen molar-refractivity contribution in [3.05, 3.63) is 71.4 Å². The van der Waals surface area contributed by atoms with Gasteiger partial charge in [-0.15, -0.1) is 0 Å². The Kier molecular flexibility index (Phi) is 3.96. The van der Waals surface area contributed by atoms with Crippen LogP contribution < -0.4 is 5.32 Å². The molecule has 2 N–H and O–H groups in total. The number of benzene rings is 1. The van der Waals surface area contributed by atoms with Gasteiger partial charge in [-0.1, -0.05) is 30.3 Å². The van der Waals surface area contributed by atoms with E-state index < -0.39 is 0 Å². The maximum Gasteiger partial charge on any atom is 0.125 e. The number of rotatable bonds is 4. The van der Waals surface area contributed by atoms with Crippen LogP contribution in [0.15, 0.2) is 65.5 Å². The van der Waals surface area contributed by atoms with Gasteiger partial charge in [0.05, 0.1) is 29.6 Å². The molecule has 0 spiro atoms. The van der Waals surface area contributed by atoms with E-state index in [1.807, 2.05) is 36.5 Å². The molecule has 0 atom stereocenters. The Bertz CT molecular complexity index is 981. The minimum absolute atomic E-state index is 0.587. The minimum atomic E-state index is 0.587. The number of aromatic nitrogens is 4. The second-order valence-corrected chi connectivity index (χ2v) is 6.26. The fourth-order valence-corrected chi connectivity index (χ4v) is 2.86. The Balaban J connectivity index is 1.55. The smallest absolute Gasteiger partial charge is 0.125 e. The van der Waals surface area contributed by atoms with Crippen LogP contribution in [0.1, 0.15) is 5.82 Å². The molecule has 0 radical (unpaired) electrons. The number of fused-ring (bicyclic) bond motifs is 1. The van der Waals surface area contributed by atoms with Gasteiger partial charge in [-0.05, 0) is 33.6 Å². The van der Waals surface area contributed by atoms with E-state index in [0.717, 1.165) is 38.3 Å². The van der Waals surface area contributed by atoms with Crippen LogP contribution in [0.4, 0.5) is 5.69 Å². The Hall–Kier alpha value is -2.73. The van der Waals surface area contributed by atoms with Crippen LogP contribution in [0.25, 0.3) is 22.3 Å².